The van der Waals surface area contributed by atoms with Gasteiger partial charge in [-0.05, 0) is 6.07 Å². The molecule has 1 N–H and O–H groups in total. The summed E-state index contributed by atoms with van der Waals surface area (Å²) in [5.74, 6) is -1.58. The maximum absolute atomic E-state index is 13.6. The van der Waals surface area contributed by atoms with Crippen LogP contribution in [0.15, 0.2) is 30.6 Å². The van der Waals surface area contributed by atoms with E-state index in [0.717, 1.165) is 0 Å². The summed E-state index contributed by atoms with van der Waals surface area (Å²) in [7, 11) is 1.28. The highest BCUT2D eigenvalue weighted by Gasteiger charge is 2.11. The first kappa shape index (κ1) is 12.1. The van der Waals surface area contributed by atoms with Crippen LogP contribution in [-0.2, 0) is 16.1 Å². The summed E-state index contributed by atoms with van der Waals surface area (Å²) in [6, 6.07) is 4.32. The molecule has 2 rings (SSSR count). The Labute approximate surface area is 102 Å². The molecular formula is C12H11FN2O3. The number of halogens is 1. The average molecular weight is 250 g/mol. The molecule has 0 aliphatic rings. The third kappa shape index (κ3) is 2.32. The first-order chi connectivity index (χ1) is 8.61. The van der Waals surface area contributed by atoms with Gasteiger partial charge in [0.25, 0.3) is 0 Å². The fraction of sp³-hybridized carbons (Fsp3) is 0.167. The molecule has 18 heavy (non-hydrogen) atoms. The van der Waals surface area contributed by atoms with Gasteiger partial charge >= 0.3 is 5.97 Å². The van der Waals surface area contributed by atoms with E-state index in [0.29, 0.717) is 5.56 Å². The maximum atomic E-state index is 13.6. The number of nitrogens with zero attached hydrogens (tertiary/aromatic N) is 2. The number of carbonyl (C=O) groups excluding carboxylic acids is 1. The van der Waals surface area contributed by atoms with Crippen molar-refractivity contribution in [2.75, 3.05) is 7.11 Å². The van der Waals surface area contributed by atoms with Crippen LogP contribution >= 0.6 is 0 Å². The van der Waals surface area contributed by atoms with Gasteiger partial charge in [-0.15, -0.1) is 0 Å². The van der Waals surface area contributed by atoms with Crippen molar-refractivity contribution in [1.82, 2.24) is 9.78 Å². The van der Waals surface area contributed by atoms with E-state index in [9.17, 15) is 14.3 Å². The molecule has 94 valence electrons. The number of phenolic OH excluding ortho intramolecular Hbond substituents is 1. The van der Waals surface area contributed by atoms with Crippen LogP contribution in [0.3, 0.4) is 0 Å². The van der Waals surface area contributed by atoms with Gasteiger partial charge in [-0.3, -0.25) is 9.48 Å². The van der Waals surface area contributed by atoms with Crippen molar-refractivity contribution < 1.29 is 19.0 Å². The van der Waals surface area contributed by atoms with Gasteiger partial charge < -0.3 is 9.84 Å². The number of aromatic nitrogens is 2. The summed E-state index contributed by atoms with van der Waals surface area (Å²) in [6.45, 7) is -0.0447. The Kier molecular flexibility index (Phi) is 3.27. The number of hydrogen-bond acceptors (Lipinski definition) is 4. The summed E-state index contributed by atoms with van der Waals surface area (Å²) in [5.41, 5.74) is 0.707. The topological polar surface area (TPSA) is 64.3 Å². The molecule has 1 aromatic heterocycles. The number of methoxy groups -OCH3 is 1. The average Bonchev–Trinajstić information content (AvgIpc) is 2.80. The van der Waals surface area contributed by atoms with Gasteiger partial charge in [0.1, 0.15) is 6.54 Å². The maximum Gasteiger partial charge on any atom is 0.327 e. The molecule has 0 radical (unpaired) electrons. The third-order valence-corrected chi connectivity index (χ3v) is 2.44. The molecule has 0 unspecified atom stereocenters. The molecule has 0 saturated heterocycles. The van der Waals surface area contributed by atoms with Crippen LogP contribution in [0, 0.1) is 5.82 Å². The van der Waals surface area contributed by atoms with Gasteiger partial charge in [0.2, 0.25) is 0 Å². The number of ether oxygens (including phenoxy) is 1. The number of rotatable bonds is 3. The molecule has 5 nitrogen and oxygen atoms in total. The quantitative estimate of drug-likeness (QED) is 0.840. The smallest absolute Gasteiger partial charge is 0.327 e. The van der Waals surface area contributed by atoms with E-state index in [-0.39, 0.29) is 12.1 Å². The van der Waals surface area contributed by atoms with E-state index in [1.807, 2.05) is 0 Å². The molecule has 0 saturated carbocycles. The molecule has 0 aliphatic carbocycles. The summed E-state index contributed by atoms with van der Waals surface area (Å²) < 4.78 is 19.5. The molecule has 0 fully saturated rings. The second-order valence-electron chi connectivity index (χ2n) is 3.64. The Morgan fingerprint density at radius 2 is 2.33 bits per heavy atom. The fourth-order valence-corrected chi connectivity index (χ4v) is 1.53. The molecule has 6 heteroatoms. The molecular weight excluding hydrogens is 239 g/mol. The molecule has 0 spiro atoms. The van der Waals surface area contributed by atoms with E-state index in [2.05, 4.69) is 9.84 Å². The minimum atomic E-state index is -0.713. The monoisotopic (exact) mass is 250 g/mol. The molecule has 1 aromatic carbocycles. The normalized spacial score (nSPS) is 10.3. The van der Waals surface area contributed by atoms with Crippen molar-refractivity contribution in [2.45, 2.75) is 6.54 Å². The Bertz CT molecular complexity index is 580. The van der Waals surface area contributed by atoms with Crippen LogP contribution in [-0.4, -0.2) is 28.0 Å². The lowest BCUT2D eigenvalue weighted by molar-refractivity contribution is -0.141. The van der Waals surface area contributed by atoms with E-state index < -0.39 is 17.5 Å². The van der Waals surface area contributed by atoms with Gasteiger partial charge in [-0.2, -0.15) is 5.10 Å². The summed E-state index contributed by atoms with van der Waals surface area (Å²) in [6.07, 6.45) is 2.93. The first-order valence-corrected chi connectivity index (χ1v) is 5.19. The van der Waals surface area contributed by atoms with E-state index in [1.165, 1.54) is 42.4 Å². The second kappa shape index (κ2) is 4.87. The fourth-order valence-electron chi connectivity index (χ4n) is 1.53. The summed E-state index contributed by atoms with van der Waals surface area (Å²) >= 11 is 0. The summed E-state index contributed by atoms with van der Waals surface area (Å²) in [5, 5.41) is 13.2. The number of aromatic hydroxyl groups is 1. The predicted octanol–water partition coefficient (Wildman–Crippen LogP) is 1.57. The lowest BCUT2D eigenvalue weighted by atomic mass is 10.1. The highest BCUT2D eigenvalue weighted by atomic mass is 19.1. The third-order valence-electron chi connectivity index (χ3n) is 2.44. The highest BCUT2D eigenvalue weighted by molar-refractivity contribution is 5.69. The van der Waals surface area contributed by atoms with E-state index in [1.54, 1.807) is 0 Å². The van der Waals surface area contributed by atoms with Crippen LogP contribution in [0.5, 0.6) is 5.75 Å². The molecule has 0 aliphatic heterocycles. The van der Waals surface area contributed by atoms with Crippen molar-refractivity contribution in [2.24, 2.45) is 0 Å². The van der Waals surface area contributed by atoms with Crippen LogP contribution in [0.2, 0.25) is 0 Å². The highest BCUT2D eigenvalue weighted by Crippen LogP contribution is 2.27. The zero-order chi connectivity index (χ0) is 13.1. The van der Waals surface area contributed by atoms with Crippen molar-refractivity contribution in [3.05, 3.63) is 36.4 Å². The zero-order valence-corrected chi connectivity index (χ0v) is 9.63. The van der Waals surface area contributed by atoms with Crippen LogP contribution < -0.4 is 0 Å². The van der Waals surface area contributed by atoms with Crippen molar-refractivity contribution in [3.63, 3.8) is 0 Å². The standard InChI is InChI=1S/C12H11FN2O3/c1-18-11(17)7-15-6-8(5-14-15)9-3-2-4-10(16)12(9)13/h2-6,16H,7H2,1H3. The molecule has 0 atom stereocenters. The first-order valence-electron chi connectivity index (χ1n) is 5.19. The van der Waals surface area contributed by atoms with Gasteiger partial charge in [0.15, 0.2) is 11.6 Å². The Morgan fingerprint density at radius 3 is 3.06 bits per heavy atom. The zero-order valence-electron chi connectivity index (χ0n) is 9.63. The lowest BCUT2D eigenvalue weighted by Crippen LogP contribution is -2.11. The van der Waals surface area contributed by atoms with Crippen LogP contribution in [0.25, 0.3) is 11.1 Å². The van der Waals surface area contributed by atoms with Crippen molar-refractivity contribution in [3.8, 4) is 16.9 Å². The largest absolute Gasteiger partial charge is 0.505 e. The molecule has 0 amide bonds. The van der Waals surface area contributed by atoms with Crippen molar-refractivity contribution in [1.29, 1.82) is 0 Å². The van der Waals surface area contributed by atoms with Gasteiger partial charge in [-0.1, -0.05) is 12.1 Å². The van der Waals surface area contributed by atoms with Gasteiger partial charge in [-0.25, -0.2) is 4.39 Å². The molecule has 0 bridgehead atoms. The number of benzene rings is 1. The van der Waals surface area contributed by atoms with Crippen LogP contribution in [0.1, 0.15) is 0 Å². The minimum absolute atomic E-state index is 0.0447. The van der Waals surface area contributed by atoms with E-state index >= 15 is 0 Å². The number of phenols is 1. The SMILES string of the molecule is COC(=O)Cn1cc(-c2cccc(O)c2F)cn1. The Morgan fingerprint density at radius 1 is 1.56 bits per heavy atom. The Balaban J connectivity index is 2.29. The second-order valence-corrected chi connectivity index (χ2v) is 3.64. The number of hydrogen-bond donors (Lipinski definition) is 1. The lowest BCUT2D eigenvalue weighted by Gasteiger charge is -2.01. The van der Waals surface area contributed by atoms with E-state index in [4.69, 9.17) is 0 Å². The molecule has 1 heterocycles. The minimum Gasteiger partial charge on any atom is -0.505 e. The van der Waals surface area contributed by atoms with Crippen molar-refractivity contribution >= 4 is 5.97 Å². The van der Waals surface area contributed by atoms with Gasteiger partial charge in [0.05, 0.1) is 13.3 Å². The molecule has 2 aromatic rings. The number of esters is 1. The predicted molar refractivity (Wildman–Crippen MR) is 61.3 cm³/mol. The summed E-state index contributed by atoms with van der Waals surface area (Å²) in [4.78, 5) is 11.1. The van der Waals surface area contributed by atoms with Crippen LogP contribution in [0.4, 0.5) is 4.39 Å². The Hall–Kier alpha value is -2.37. The van der Waals surface area contributed by atoms with Gasteiger partial charge in [0, 0.05) is 17.3 Å². The number of carbonyl (C=O) groups is 1.